The van der Waals surface area contributed by atoms with Crippen molar-refractivity contribution < 1.29 is 9.21 Å². The number of rotatable bonds is 2. The van der Waals surface area contributed by atoms with E-state index in [2.05, 4.69) is 0 Å². The van der Waals surface area contributed by atoms with Crippen molar-refractivity contribution in [1.29, 1.82) is 0 Å². The fraction of sp³-hybridized carbons (Fsp3) is 0.400. The Bertz CT molecular complexity index is 656. The summed E-state index contributed by atoms with van der Waals surface area (Å²) in [5.74, 6) is 0.681. The van der Waals surface area contributed by atoms with Crippen LogP contribution in [0, 0.1) is 5.92 Å². The van der Waals surface area contributed by atoms with E-state index in [-0.39, 0.29) is 24.4 Å². The number of hydrogen-bond donors (Lipinski definition) is 1. The van der Waals surface area contributed by atoms with E-state index in [1.54, 1.807) is 24.3 Å². The van der Waals surface area contributed by atoms with E-state index in [1.807, 2.05) is 11.8 Å². The summed E-state index contributed by atoms with van der Waals surface area (Å²) in [4.78, 5) is 14.4. The minimum atomic E-state index is -0.0687. The summed E-state index contributed by atoms with van der Waals surface area (Å²) in [6, 6.07) is 7.29. The van der Waals surface area contributed by atoms with E-state index >= 15 is 0 Å². The zero-order chi connectivity index (χ0) is 14.3. The zero-order valence-corrected chi connectivity index (χ0v) is 13.3. The number of amides is 1. The molecule has 2 N–H and O–H groups in total. The van der Waals surface area contributed by atoms with Crippen LogP contribution in [-0.4, -0.2) is 29.9 Å². The highest BCUT2D eigenvalue weighted by Gasteiger charge is 2.33. The molecule has 2 unspecified atom stereocenters. The molecule has 0 bridgehead atoms. The van der Waals surface area contributed by atoms with Crippen molar-refractivity contribution in [1.82, 2.24) is 4.90 Å². The van der Waals surface area contributed by atoms with Gasteiger partial charge in [0.15, 0.2) is 5.76 Å². The van der Waals surface area contributed by atoms with Gasteiger partial charge in [0.2, 0.25) is 0 Å². The zero-order valence-electron chi connectivity index (χ0n) is 11.7. The van der Waals surface area contributed by atoms with Gasteiger partial charge in [0.1, 0.15) is 5.58 Å². The summed E-state index contributed by atoms with van der Waals surface area (Å²) in [6.45, 7) is 3.37. The molecule has 6 heteroatoms. The Morgan fingerprint density at radius 2 is 2.24 bits per heavy atom. The van der Waals surface area contributed by atoms with Gasteiger partial charge in [-0.3, -0.25) is 4.79 Å². The van der Waals surface area contributed by atoms with E-state index < -0.39 is 0 Å². The first kappa shape index (κ1) is 16.1. The molecule has 1 amide bonds. The highest BCUT2D eigenvalue weighted by molar-refractivity contribution is 6.31. The summed E-state index contributed by atoms with van der Waals surface area (Å²) >= 11 is 5.94. The van der Waals surface area contributed by atoms with E-state index in [0.717, 1.165) is 11.8 Å². The molecule has 0 spiro atoms. The van der Waals surface area contributed by atoms with Crippen LogP contribution in [0.5, 0.6) is 0 Å². The van der Waals surface area contributed by atoms with Crippen LogP contribution in [0.4, 0.5) is 0 Å². The van der Waals surface area contributed by atoms with Crippen molar-refractivity contribution in [2.24, 2.45) is 11.7 Å². The van der Waals surface area contributed by atoms with Gasteiger partial charge >= 0.3 is 0 Å². The molecule has 1 aromatic carbocycles. The standard InChI is InChI=1S/C15H17ClN2O2.ClH/c1-9-4-10(7-17)8-18(9)15(19)14-6-11-5-12(16)2-3-13(11)20-14;/h2-3,5-6,9-10H,4,7-8,17H2,1H3;1H. The molecular weight excluding hydrogens is 311 g/mol. The van der Waals surface area contributed by atoms with Gasteiger partial charge in [0.05, 0.1) is 0 Å². The van der Waals surface area contributed by atoms with Crippen molar-refractivity contribution in [3.63, 3.8) is 0 Å². The number of carbonyl (C=O) groups excluding carboxylic acids is 1. The minimum absolute atomic E-state index is 0. The Morgan fingerprint density at radius 3 is 2.90 bits per heavy atom. The summed E-state index contributed by atoms with van der Waals surface area (Å²) < 4.78 is 5.63. The average Bonchev–Trinajstić information content (AvgIpc) is 3.00. The van der Waals surface area contributed by atoms with Crippen molar-refractivity contribution in [2.45, 2.75) is 19.4 Å². The second-order valence-corrected chi connectivity index (χ2v) is 5.87. The maximum Gasteiger partial charge on any atom is 0.289 e. The number of halogens is 2. The number of likely N-dealkylation sites (tertiary alicyclic amines) is 1. The Morgan fingerprint density at radius 1 is 1.48 bits per heavy atom. The van der Waals surface area contributed by atoms with Gasteiger partial charge in [0, 0.05) is 23.0 Å². The van der Waals surface area contributed by atoms with Crippen molar-refractivity contribution in [3.05, 3.63) is 35.0 Å². The summed E-state index contributed by atoms with van der Waals surface area (Å²) in [5, 5.41) is 1.48. The van der Waals surface area contributed by atoms with Gasteiger partial charge in [-0.1, -0.05) is 11.6 Å². The number of carbonyl (C=O) groups is 1. The molecule has 2 heterocycles. The largest absolute Gasteiger partial charge is 0.451 e. The van der Waals surface area contributed by atoms with Crippen LogP contribution >= 0.6 is 24.0 Å². The molecule has 2 aromatic rings. The highest BCUT2D eigenvalue weighted by atomic mass is 35.5. The van der Waals surface area contributed by atoms with E-state index in [9.17, 15) is 4.79 Å². The normalized spacial score (nSPS) is 21.6. The predicted molar refractivity (Wildman–Crippen MR) is 86.1 cm³/mol. The lowest BCUT2D eigenvalue weighted by atomic mass is 10.1. The SMILES string of the molecule is CC1CC(CN)CN1C(=O)c1cc2cc(Cl)ccc2o1.Cl. The van der Waals surface area contributed by atoms with Crippen LogP contribution in [0.15, 0.2) is 28.7 Å². The third kappa shape index (κ3) is 3.03. The van der Waals surface area contributed by atoms with Gasteiger partial charge in [-0.05, 0) is 50.1 Å². The first-order valence-corrected chi connectivity index (χ1v) is 7.16. The Balaban J connectivity index is 0.00000161. The topological polar surface area (TPSA) is 59.5 Å². The van der Waals surface area contributed by atoms with Crippen LogP contribution in [-0.2, 0) is 0 Å². The minimum Gasteiger partial charge on any atom is -0.451 e. The van der Waals surface area contributed by atoms with E-state index in [1.165, 1.54) is 0 Å². The van der Waals surface area contributed by atoms with Crippen molar-refractivity contribution >= 4 is 40.9 Å². The lowest BCUT2D eigenvalue weighted by molar-refractivity contribution is 0.0713. The third-order valence-corrected chi connectivity index (χ3v) is 4.18. The van der Waals surface area contributed by atoms with Crippen LogP contribution < -0.4 is 5.73 Å². The first-order valence-electron chi connectivity index (χ1n) is 6.78. The van der Waals surface area contributed by atoms with Crippen LogP contribution in [0.3, 0.4) is 0 Å². The number of fused-ring (bicyclic) bond motifs is 1. The molecule has 1 aliphatic heterocycles. The second-order valence-electron chi connectivity index (χ2n) is 5.44. The summed E-state index contributed by atoms with van der Waals surface area (Å²) in [7, 11) is 0. The molecule has 4 nitrogen and oxygen atoms in total. The number of benzene rings is 1. The fourth-order valence-corrected chi connectivity index (χ4v) is 3.04. The maximum atomic E-state index is 12.5. The molecule has 1 aromatic heterocycles. The third-order valence-electron chi connectivity index (χ3n) is 3.94. The lowest BCUT2D eigenvalue weighted by Crippen LogP contribution is -2.34. The number of furan rings is 1. The molecule has 0 aliphatic carbocycles. The van der Waals surface area contributed by atoms with E-state index in [0.29, 0.717) is 35.4 Å². The van der Waals surface area contributed by atoms with Gasteiger partial charge in [-0.25, -0.2) is 0 Å². The Hall–Kier alpha value is -1.23. The van der Waals surface area contributed by atoms with Gasteiger partial charge in [0.25, 0.3) is 5.91 Å². The number of nitrogens with zero attached hydrogens (tertiary/aromatic N) is 1. The van der Waals surface area contributed by atoms with Crippen molar-refractivity contribution in [2.75, 3.05) is 13.1 Å². The molecule has 0 radical (unpaired) electrons. The van der Waals surface area contributed by atoms with Crippen LogP contribution in [0.25, 0.3) is 11.0 Å². The van der Waals surface area contributed by atoms with Gasteiger partial charge < -0.3 is 15.1 Å². The Kier molecular flexibility index (Phi) is 4.81. The predicted octanol–water partition coefficient (Wildman–Crippen LogP) is 3.32. The highest BCUT2D eigenvalue weighted by Crippen LogP contribution is 2.27. The molecular formula is C15H18Cl2N2O2. The number of nitrogens with two attached hydrogens (primary N) is 1. The lowest BCUT2D eigenvalue weighted by Gasteiger charge is -2.19. The quantitative estimate of drug-likeness (QED) is 0.919. The van der Waals surface area contributed by atoms with Gasteiger partial charge in [-0.15, -0.1) is 12.4 Å². The molecule has 2 atom stereocenters. The summed E-state index contributed by atoms with van der Waals surface area (Å²) in [5.41, 5.74) is 6.38. The van der Waals surface area contributed by atoms with Gasteiger partial charge in [-0.2, -0.15) is 0 Å². The number of hydrogen-bond acceptors (Lipinski definition) is 3. The molecule has 1 fully saturated rings. The van der Waals surface area contributed by atoms with Crippen molar-refractivity contribution in [3.8, 4) is 0 Å². The molecule has 114 valence electrons. The molecule has 3 rings (SSSR count). The van der Waals surface area contributed by atoms with Crippen LogP contribution in [0.1, 0.15) is 23.9 Å². The summed E-state index contributed by atoms with van der Waals surface area (Å²) in [6.07, 6.45) is 0.953. The second kappa shape index (κ2) is 6.26. The molecule has 21 heavy (non-hydrogen) atoms. The van der Waals surface area contributed by atoms with E-state index in [4.69, 9.17) is 21.8 Å². The average molecular weight is 329 g/mol. The maximum absolute atomic E-state index is 12.5. The molecule has 1 saturated heterocycles. The monoisotopic (exact) mass is 328 g/mol. The first-order chi connectivity index (χ1) is 9.58. The Labute approximate surface area is 134 Å². The molecule has 0 saturated carbocycles. The van der Waals surface area contributed by atoms with Crippen LogP contribution in [0.2, 0.25) is 5.02 Å². The smallest absolute Gasteiger partial charge is 0.289 e. The molecule has 1 aliphatic rings. The fourth-order valence-electron chi connectivity index (χ4n) is 2.86.